The van der Waals surface area contributed by atoms with E-state index in [9.17, 15) is 0 Å². The zero-order valence-corrected chi connectivity index (χ0v) is 24.9. The van der Waals surface area contributed by atoms with E-state index >= 15 is 0 Å². The Morgan fingerprint density at radius 3 is 1.64 bits per heavy atom. The molecule has 0 spiro atoms. The van der Waals surface area contributed by atoms with Gasteiger partial charge in [-0.15, -0.1) is 4.73 Å². The van der Waals surface area contributed by atoms with Crippen LogP contribution in [0.3, 0.4) is 0 Å². The Morgan fingerprint density at radius 2 is 1.04 bits per heavy atom. The molecule has 0 fully saturated rings. The van der Waals surface area contributed by atoms with E-state index in [0.717, 1.165) is 62.6 Å². The molecule has 9 heteroatoms. The summed E-state index contributed by atoms with van der Waals surface area (Å²) in [6.07, 6.45) is 6.07. The van der Waals surface area contributed by atoms with Crippen molar-refractivity contribution in [1.82, 2.24) is 39.6 Å². The summed E-state index contributed by atoms with van der Waals surface area (Å²) in [5.74, 6) is 2.90. The zero-order valence-electron chi connectivity index (χ0n) is 24.9. The summed E-state index contributed by atoms with van der Waals surface area (Å²) in [4.78, 5) is 40.8. The van der Waals surface area contributed by atoms with Crippen molar-refractivity contribution in [3.05, 3.63) is 120 Å². The van der Waals surface area contributed by atoms with Crippen molar-refractivity contribution in [2.75, 3.05) is 0 Å². The summed E-state index contributed by atoms with van der Waals surface area (Å²) in [6.45, 7) is 0. The second-order valence-electron chi connectivity index (χ2n) is 11.6. The van der Waals surface area contributed by atoms with E-state index in [1.807, 2.05) is 103 Å². The number of para-hydroxylation sites is 1. The highest BCUT2D eigenvalue weighted by Crippen LogP contribution is 2.37. The maximum atomic E-state index is 6.60. The van der Waals surface area contributed by atoms with Crippen molar-refractivity contribution in [1.29, 1.82) is 0 Å². The molecule has 1 N–H and O–H groups in total. The fourth-order valence-corrected chi connectivity index (χ4v) is 6.59. The number of aromatic amines is 1. The monoisotopic (exact) mass is 608 g/mol. The van der Waals surface area contributed by atoms with Crippen LogP contribution in [0.15, 0.2) is 109 Å². The molecular formula is C38H24N8O. The Bertz CT molecular complexity index is 2620. The van der Waals surface area contributed by atoms with Crippen molar-refractivity contribution in [2.24, 2.45) is 0 Å². The summed E-state index contributed by atoms with van der Waals surface area (Å²) in [6, 6.07) is 33.8. The third-order valence-corrected chi connectivity index (χ3v) is 8.78. The molecule has 2 aliphatic heterocycles. The second kappa shape index (κ2) is 10.0. The summed E-state index contributed by atoms with van der Waals surface area (Å²) in [7, 11) is 0. The summed E-state index contributed by atoms with van der Waals surface area (Å²) >= 11 is 0. The van der Waals surface area contributed by atoms with Gasteiger partial charge in [0.05, 0.1) is 0 Å². The topological polar surface area (TPSA) is 107 Å². The van der Waals surface area contributed by atoms with Crippen LogP contribution < -0.4 is 4.84 Å². The van der Waals surface area contributed by atoms with Gasteiger partial charge in [0.25, 0.3) is 0 Å². The van der Waals surface area contributed by atoms with Crippen LogP contribution in [0.25, 0.3) is 85.0 Å². The molecule has 0 amide bonds. The molecule has 5 heterocycles. The molecule has 3 aromatic heterocycles. The molecular weight excluding hydrogens is 584 g/mol. The van der Waals surface area contributed by atoms with Gasteiger partial charge < -0.3 is 9.82 Å². The number of hydrogen-bond donors (Lipinski definition) is 1. The number of aromatic nitrogens is 8. The summed E-state index contributed by atoms with van der Waals surface area (Å²) < 4.78 is 1.69. The highest BCUT2D eigenvalue weighted by Gasteiger charge is 2.24. The van der Waals surface area contributed by atoms with Crippen molar-refractivity contribution in [2.45, 2.75) is 12.8 Å². The molecule has 0 saturated carbocycles. The molecule has 3 aliphatic rings. The quantitative estimate of drug-likeness (QED) is 0.212. The largest absolute Gasteiger partial charge is 0.372 e. The van der Waals surface area contributed by atoms with Crippen LogP contribution in [0, 0.1) is 0 Å². The SMILES string of the molecule is C1=Cc2c(c3nc4nc(nc5c6ccccc6c(nc6nc(nc2[nH]3)-c2ccccc2-6)n5Oc2ccccc2)-c2ccccc2-4)CC1. The molecule has 0 saturated heterocycles. The number of nitrogens with one attached hydrogen (secondary N) is 1. The van der Waals surface area contributed by atoms with Gasteiger partial charge in [0.15, 0.2) is 40.3 Å². The normalized spacial score (nSPS) is 12.9. The van der Waals surface area contributed by atoms with Crippen LogP contribution in [-0.2, 0) is 6.42 Å². The van der Waals surface area contributed by atoms with Gasteiger partial charge in [-0.3, -0.25) is 0 Å². The van der Waals surface area contributed by atoms with Crippen LogP contribution in [-0.4, -0.2) is 39.6 Å². The maximum absolute atomic E-state index is 6.60. The third kappa shape index (κ3) is 4.03. The van der Waals surface area contributed by atoms with E-state index in [2.05, 4.69) is 17.1 Å². The zero-order chi connectivity index (χ0) is 30.9. The van der Waals surface area contributed by atoms with Gasteiger partial charge in [-0.25, -0.2) is 29.9 Å². The third-order valence-electron chi connectivity index (χ3n) is 8.78. The van der Waals surface area contributed by atoms with Crippen molar-refractivity contribution in [3.63, 3.8) is 0 Å². The number of fused-ring (bicyclic) bond motifs is 20. The lowest BCUT2D eigenvalue weighted by Gasteiger charge is -2.07. The van der Waals surface area contributed by atoms with Gasteiger partial charge in [-0.1, -0.05) is 103 Å². The molecule has 4 aromatic carbocycles. The lowest BCUT2D eigenvalue weighted by molar-refractivity contribution is 0.238. The van der Waals surface area contributed by atoms with Crippen LogP contribution in [0.4, 0.5) is 0 Å². The molecule has 10 rings (SSSR count). The Hall–Kier alpha value is -6.48. The molecule has 0 unspecified atom stereocenters. The van der Waals surface area contributed by atoms with Gasteiger partial charge in [-0.2, -0.15) is 0 Å². The van der Waals surface area contributed by atoms with Gasteiger partial charge in [0, 0.05) is 44.2 Å². The molecule has 9 nitrogen and oxygen atoms in total. The minimum absolute atomic E-state index is 0.541. The molecule has 47 heavy (non-hydrogen) atoms. The number of nitrogens with zero attached hydrogens (tertiary/aromatic N) is 7. The number of benzene rings is 4. The van der Waals surface area contributed by atoms with Gasteiger partial charge in [0.1, 0.15) is 11.3 Å². The molecule has 0 radical (unpaired) electrons. The first-order valence-corrected chi connectivity index (χ1v) is 15.5. The van der Waals surface area contributed by atoms with E-state index < -0.39 is 0 Å². The van der Waals surface area contributed by atoms with Gasteiger partial charge in [0.2, 0.25) is 0 Å². The molecule has 1 aliphatic carbocycles. The minimum atomic E-state index is 0.541. The fraction of sp³-hybridized carbons (Fsp3) is 0.0526. The van der Waals surface area contributed by atoms with E-state index in [1.165, 1.54) is 0 Å². The van der Waals surface area contributed by atoms with Crippen LogP contribution in [0.5, 0.6) is 5.75 Å². The predicted octanol–water partition coefficient (Wildman–Crippen LogP) is 7.99. The van der Waals surface area contributed by atoms with Crippen molar-refractivity contribution < 1.29 is 4.84 Å². The van der Waals surface area contributed by atoms with Gasteiger partial charge in [-0.05, 0) is 25.0 Å². The number of aryl methyl sites for hydroxylation is 1. The molecule has 0 atom stereocenters. The molecule has 7 aromatic rings. The summed E-state index contributed by atoms with van der Waals surface area (Å²) in [5.41, 5.74) is 8.31. The number of hydrogen-bond acceptors (Lipinski definition) is 7. The number of rotatable bonds is 2. The molecule has 8 bridgehead atoms. The number of allylic oxidation sites excluding steroid dienone is 1. The number of H-pyrrole nitrogens is 1. The highest BCUT2D eigenvalue weighted by atomic mass is 16.7. The van der Waals surface area contributed by atoms with E-state index in [-0.39, 0.29) is 0 Å². The van der Waals surface area contributed by atoms with Crippen LogP contribution >= 0.6 is 0 Å². The Kier molecular flexibility index (Phi) is 5.50. The first-order chi connectivity index (χ1) is 23.3. The highest BCUT2D eigenvalue weighted by molar-refractivity contribution is 6.05. The van der Waals surface area contributed by atoms with Crippen LogP contribution in [0.1, 0.15) is 17.5 Å². The molecule has 222 valence electrons. The Labute approximate surface area is 267 Å². The van der Waals surface area contributed by atoms with E-state index in [0.29, 0.717) is 46.0 Å². The predicted molar refractivity (Wildman–Crippen MR) is 182 cm³/mol. The second-order valence-corrected chi connectivity index (χ2v) is 11.6. The lowest BCUT2D eigenvalue weighted by atomic mass is 10.0. The smallest absolute Gasteiger partial charge is 0.181 e. The maximum Gasteiger partial charge on any atom is 0.181 e. The standard InChI is InChI=1S/C38H24N8O/c1-2-12-22(13-3-1)47-46-37-29-20-10-11-21-30(29)38(46)45-36-28-19-9-7-17-26(28)34(43-36)41-32-24-15-5-4-14-23(24)31(39-32)40-33-25-16-6-8-18-27(25)35(42-33)44-37/h1-4,6-14,16-21H,5,15H2,(H,39,40,41,42,43,44,45). The first-order valence-electron chi connectivity index (χ1n) is 15.5. The Morgan fingerprint density at radius 1 is 0.532 bits per heavy atom. The average molecular weight is 609 g/mol. The lowest BCUT2D eigenvalue weighted by Crippen LogP contribution is -2.06. The van der Waals surface area contributed by atoms with Crippen molar-refractivity contribution in [3.8, 4) is 51.3 Å². The van der Waals surface area contributed by atoms with E-state index in [1.54, 1.807) is 4.73 Å². The van der Waals surface area contributed by atoms with Gasteiger partial charge >= 0.3 is 0 Å². The first kappa shape index (κ1) is 25.8. The Balaban J connectivity index is 1.42. The van der Waals surface area contributed by atoms with Crippen molar-refractivity contribution >= 4 is 39.4 Å². The summed E-state index contributed by atoms with van der Waals surface area (Å²) in [5, 5.41) is 1.73. The minimum Gasteiger partial charge on any atom is -0.372 e. The van der Waals surface area contributed by atoms with Crippen LogP contribution in [0.2, 0.25) is 0 Å². The van der Waals surface area contributed by atoms with E-state index in [4.69, 9.17) is 34.7 Å². The average Bonchev–Trinajstić information content (AvgIpc) is 3.84. The fourth-order valence-electron chi connectivity index (χ4n) is 6.59.